The van der Waals surface area contributed by atoms with Crippen molar-refractivity contribution in [1.82, 2.24) is 0 Å². The van der Waals surface area contributed by atoms with Crippen LogP contribution in [0, 0.1) is 0 Å². The second-order valence-electron chi connectivity index (χ2n) is 6.39. The highest BCUT2D eigenvalue weighted by Crippen LogP contribution is 2.35. The van der Waals surface area contributed by atoms with E-state index in [2.05, 4.69) is 5.32 Å². The van der Waals surface area contributed by atoms with Gasteiger partial charge in [-0.05, 0) is 35.4 Å². The van der Waals surface area contributed by atoms with Crippen molar-refractivity contribution >= 4 is 33.2 Å². The molecule has 0 aliphatic rings. The van der Waals surface area contributed by atoms with Crippen LogP contribution in [0.4, 0.5) is 14.5 Å². The number of halogens is 2. The van der Waals surface area contributed by atoms with Crippen LogP contribution in [-0.4, -0.2) is 25.8 Å². The molecule has 8 heteroatoms. The number of carbonyl (C=O) groups is 1. The maximum Gasteiger partial charge on any atom is 0.341 e. The van der Waals surface area contributed by atoms with Gasteiger partial charge in [0.2, 0.25) is 15.7 Å². The molecule has 0 aliphatic heterocycles. The first-order valence-corrected chi connectivity index (χ1v) is 11.6. The van der Waals surface area contributed by atoms with Crippen LogP contribution in [0.5, 0.6) is 0 Å². The zero-order valence-electron chi connectivity index (χ0n) is 15.7. The molecule has 0 unspecified atom stereocenters. The van der Waals surface area contributed by atoms with Gasteiger partial charge in [-0.25, -0.2) is 8.42 Å². The van der Waals surface area contributed by atoms with Crippen molar-refractivity contribution in [2.75, 3.05) is 11.1 Å². The third kappa shape index (κ3) is 5.46. The first-order valence-electron chi connectivity index (χ1n) is 9.01. The van der Waals surface area contributed by atoms with E-state index in [9.17, 15) is 22.0 Å². The van der Waals surface area contributed by atoms with Crippen LogP contribution in [-0.2, 0) is 14.6 Å². The van der Waals surface area contributed by atoms with Crippen LogP contribution in [0.2, 0.25) is 0 Å². The quantitative estimate of drug-likeness (QED) is 0.519. The Balaban J connectivity index is 1.66. The second kappa shape index (κ2) is 9.86. The van der Waals surface area contributed by atoms with E-state index in [0.717, 1.165) is 23.3 Å². The number of amides is 1. The van der Waals surface area contributed by atoms with Gasteiger partial charge < -0.3 is 5.32 Å². The monoisotopic (exact) mass is 447 g/mol. The molecule has 0 bridgehead atoms. The van der Waals surface area contributed by atoms with Crippen LogP contribution < -0.4 is 5.32 Å². The average molecular weight is 448 g/mol. The summed E-state index contributed by atoms with van der Waals surface area (Å²) in [5.41, 5.74) is 2.48. The zero-order chi connectivity index (χ0) is 21.6. The minimum atomic E-state index is -4.66. The summed E-state index contributed by atoms with van der Waals surface area (Å²) >= 11 is 1.46. The van der Waals surface area contributed by atoms with Crippen molar-refractivity contribution in [3.05, 3.63) is 96.1 Å². The summed E-state index contributed by atoms with van der Waals surface area (Å²) in [5.74, 6) is -3.60. The lowest BCUT2D eigenvalue weighted by Gasteiger charge is -2.17. The molecule has 0 saturated heterocycles. The standard InChI is InChI=1S/C22H19F2NO3S2/c23-22(24)30(27,28)19-13-11-18(12-14-19)25-20(26)15-29-21(16-7-3-1-4-8-16)17-9-5-2-6-10-17/h1-14,21-22H,15H2,(H,25,26). The Labute approximate surface area is 178 Å². The van der Waals surface area contributed by atoms with Gasteiger partial charge in [-0.2, -0.15) is 8.78 Å². The lowest BCUT2D eigenvalue weighted by Crippen LogP contribution is -2.16. The van der Waals surface area contributed by atoms with E-state index in [-0.39, 0.29) is 16.9 Å². The van der Waals surface area contributed by atoms with Gasteiger partial charge in [0.05, 0.1) is 15.9 Å². The smallest absolute Gasteiger partial charge is 0.325 e. The molecule has 0 aromatic heterocycles. The Kier molecular flexibility index (Phi) is 7.23. The molecule has 3 aromatic rings. The molecule has 1 amide bonds. The number of alkyl halides is 2. The fraction of sp³-hybridized carbons (Fsp3) is 0.136. The highest BCUT2D eigenvalue weighted by molar-refractivity contribution is 8.00. The summed E-state index contributed by atoms with van der Waals surface area (Å²) in [6.45, 7) is 0. The molecule has 0 atom stereocenters. The predicted molar refractivity (Wildman–Crippen MR) is 115 cm³/mol. The average Bonchev–Trinajstić information content (AvgIpc) is 2.76. The van der Waals surface area contributed by atoms with Crippen LogP contribution in [0.3, 0.4) is 0 Å². The predicted octanol–water partition coefficient (Wildman–Crippen LogP) is 5.14. The highest BCUT2D eigenvalue weighted by atomic mass is 32.2. The van der Waals surface area contributed by atoms with E-state index in [1.165, 1.54) is 23.9 Å². The third-order valence-electron chi connectivity index (χ3n) is 4.29. The summed E-state index contributed by atoms with van der Waals surface area (Å²) in [5, 5.41) is 2.64. The minimum absolute atomic E-state index is 0.0308. The van der Waals surface area contributed by atoms with Crippen LogP contribution >= 0.6 is 11.8 Å². The molecule has 0 fully saturated rings. The van der Waals surface area contributed by atoms with E-state index in [1.807, 2.05) is 60.7 Å². The van der Waals surface area contributed by atoms with Crippen LogP contribution in [0.15, 0.2) is 89.8 Å². The van der Waals surface area contributed by atoms with Gasteiger partial charge in [0.1, 0.15) is 0 Å². The maximum atomic E-state index is 12.6. The van der Waals surface area contributed by atoms with Gasteiger partial charge in [-0.15, -0.1) is 11.8 Å². The normalized spacial score (nSPS) is 11.6. The molecular weight excluding hydrogens is 428 g/mol. The van der Waals surface area contributed by atoms with E-state index < -0.39 is 20.5 Å². The van der Waals surface area contributed by atoms with Crippen molar-refractivity contribution in [2.24, 2.45) is 0 Å². The number of thioether (sulfide) groups is 1. The molecule has 0 saturated carbocycles. The molecule has 30 heavy (non-hydrogen) atoms. The largest absolute Gasteiger partial charge is 0.341 e. The number of sulfone groups is 1. The summed E-state index contributed by atoms with van der Waals surface area (Å²) in [6.07, 6.45) is 0. The molecule has 156 valence electrons. The lowest BCUT2D eigenvalue weighted by molar-refractivity contribution is -0.113. The number of hydrogen-bond acceptors (Lipinski definition) is 4. The van der Waals surface area contributed by atoms with Gasteiger partial charge >= 0.3 is 5.76 Å². The Morgan fingerprint density at radius 3 is 1.80 bits per heavy atom. The summed E-state index contributed by atoms with van der Waals surface area (Å²) in [6, 6.07) is 24.4. The lowest BCUT2D eigenvalue weighted by atomic mass is 10.0. The fourth-order valence-corrected chi connectivity index (χ4v) is 4.64. The third-order valence-corrected chi connectivity index (χ3v) is 6.99. The second-order valence-corrected chi connectivity index (χ2v) is 9.40. The Bertz CT molecular complexity index is 1030. The molecule has 0 spiro atoms. The van der Waals surface area contributed by atoms with Crippen LogP contribution in [0.25, 0.3) is 0 Å². The first kappa shape index (κ1) is 22.0. The zero-order valence-corrected chi connectivity index (χ0v) is 17.4. The SMILES string of the molecule is O=C(CSC(c1ccccc1)c1ccccc1)Nc1ccc(S(=O)(=O)C(F)F)cc1. The van der Waals surface area contributed by atoms with E-state index in [4.69, 9.17) is 0 Å². The summed E-state index contributed by atoms with van der Waals surface area (Å²) < 4.78 is 48.2. The van der Waals surface area contributed by atoms with Gasteiger partial charge in [-0.3, -0.25) is 4.79 Å². The molecule has 4 nitrogen and oxygen atoms in total. The van der Waals surface area contributed by atoms with Crippen LogP contribution in [0.1, 0.15) is 16.4 Å². The van der Waals surface area contributed by atoms with Crippen molar-refractivity contribution in [3.63, 3.8) is 0 Å². The number of hydrogen-bond donors (Lipinski definition) is 1. The van der Waals surface area contributed by atoms with Gasteiger partial charge in [0.25, 0.3) is 0 Å². The van der Waals surface area contributed by atoms with Crippen molar-refractivity contribution in [3.8, 4) is 0 Å². The molecule has 1 N–H and O–H groups in total. The molecular formula is C22H19F2NO3S2. The summed E-state index contributed by atoms with van der Waals surface area (Å²) in [7, 11) is -4.66. The van der Waals surface area contributed by atoms with Crippen molar-refractivity contribution in [1.29, 1.82) is 0 Å². The van der Waals surface area contributed by atoms with Gasteiger partial charge in [-0.1, -0.05) is 60.7 Å². The molecule has 3 rings (SSSR count). The number of anilines is 1. The Hall–Kier alpha value is -2.71. The number of nitrogens with one attached hydrogen (secondary N) is 1. The highest BCUT2D eigenvalue weighted by Gasteiger charge is 2.26. The minimum Gasteiger partial charge on any atom is -0.325 e. The van der Waals surface area contributed by atoms with Crippen molar-refractivity contribution in [2.45, 2.75) is 15.9 Å². The van der Waals surface area contributed by atoms with Gasteiger partial charge in [0.15, 0.2) is 0 Å². The maximum absolute atomic E-state index is 12.6. The Morgan fingerprint density at radius 2 is 1.33 bits per heavy atom. The number of rotatable bonds is 8. The molecule has 0 aliphatic carbocycles. The van der Waals surface area contributed by atoms with Crippen molar-refractivity contribution < 1.29 is 22.0 Å². The van der Waals surface area contributed by atoms with E-state index in [0.29, 0.717) is 5.69 Å². The topological polar surface area (TPSA) is 63.2 Å². The molecule has 0 heterocycles. The van der Waals surface area contributed by atoms with Gasteiger partial charge in [0, 0.05) is 5.69 Å². The van der Waals surface area contributed by atoms with E-state index in [1.54, 1.807) is 0 Å². The van der Waals surface area contributed by atoms with E-state index >= 15 is 0 Å². The summed E-state index contributed by atoms with van der Waals surface area (Å²) in [4.78, 5) is 11.9. The molecule has 3 aromatic carbocycles. The molecule has 0 radical (unpaired) electrons. The first-order chi connectivity index (χ1) is 14.4. The number of benzene rings is 3. The Morgan fingerprint density at radius 1 is 0.833 bits per heavy atom. The fourth-order valence-electron chi connectivity index (χ4n) is 2.83. The number of carbonyl (C=O) groups excluding carboxylic acids is 1.